The lowest BCUT2D eigenvalue weighted by Crippen LogP contribution is -2.03. The molecule has 0 fully saturated rings. The van der Waals surface area contributed by atoms with E-state index in [9.17, 15) is 18.7 Å². The molecule has 0 unspecified atom stereocenters. The van der Waals surface area contributed by atoms with E-state index < -0.39 is 17.6 Å². The van der Waals surface area contributed by atoms with E-state index in [2.05, 4.69) is 4.74 Å². The van der Waals surface area contributed by atoms with Gasteiger partial charge in [-0.25, -0.2) is 13.6 Å². The van der Waals surface area contributed by atoms with Crippen molar-refractivity contribution in [3.05, 3.63) is 59.2 Å². The predicted octanol–water partition coefficient (Wildman–Crippen LogP) is 2.91. The molecular weight excluding hydrogens is 266 g/mol. The summed E-state index contributed by atoms with van der Waals surface area (Å²) in [6, 6.07) is 7.59. The average molecular weight is 278 g/mol. The summed E-state index contributed by atoms with van der Waals surface area (Å²) in [7, 11) is 1.23. The molecule has 0 aliphatic rings. The van der Waals surface area contributed by atoms with Crippen molar-refractivity contribution in [1.82, 2.24) is 0 Å². The molecule has 104 valence electrons. The predicted molar refractivity (Wildman–Crippen MR) is 69.1 cm³/mol. The Labute approximate surface area is 114 Å². The molecule has 0 heterocycles. The number of benzene rings is 2. The number of hydrogen-bond acceptors (Lipinski definition) is 3. The SMILES string of the molecule is COC(=O)c1cc(CO)cc(-c2ccc(F)cc2F)c1. The highest BCUT2D eigenvalue weighted by Crippen LogP contribution is 2.26. The number of esters is 1. The molecule has 0 saturated heterocycles. The van der Waals surface area contributed by atoms with Crippen molar-refractivity contribution in [2.24, 2.45) is 0 Å². The lowest BCUT2D eigenvalue weighted by Gasteiger charge is -2.08. The summed E-state index contributed by atoms with van der Waals surface area (Å²) >= 11 is 0. The molecule has 0 amide bonds. The van der Waals surface area contributed by atoms with Crippen LogP contribution in [0.1, 0.15) is 15.9 Å². The quantitative estimate of drug-likeness (QED) is 0.878. The van der Waals surface area contributed by atoms with Gasteiger partial charge < -0.3 is 9.84 Å². The number of halogens is 2. The van der Waals surface area contributed by atoms with E-state index >= 15 is 0 Å². The van der Waals surface area contributed by atoms with E-state index in [1.54, 1.807) is 0 Å². The van der Waals surface area contributed by atoms with Crippen molar-refractivity contribution in [3.8, 4) is 11.1 Å². The van der Waals surface area contributed by atoms with Crippen molar-refractivity contribution in [2.75, 3.05) is 7.11 Å². The van der Waals surface area contributed by atoms with Crippen LogP contribution in [0.2, 0.25) is 0 Å². The third-order valence-electron chi connectivity index (χ3n) is 2.84. The zero-order valence-electron chi connectivity index (χ0n) is 10.7. The Balaban J connectivity index is 2.58. The summed E-state index contributed by atoms with van der Waals surface area (Å²) in [6.07, 6.45) is 0. The number of aliphatic hydroxyl groups is 1. The highest BCUT2D eigenvalue weighted by Gasteiger charge is 2.12. The van der Waals surface area contributed by atoms with Crippen molar-refractivity contribution < 1.29 is 23.4 Å². The molecule has 1 N–H and O–H groups in total. The van der Waals surface area contributed by atoms with Gasteiger partial charge in [0.2, 0.25) is 0 Å². The second-order valence-electron chi connectivity index (χ2n) is 4.19. The van der Waals surface area contributed by atoms with Crippen LogP contribution in [0.15, 0.2) is 36.4 Å². The van der Waals surface area contributed by atoms with Gasteiger partial charge in [-0.3, -0.25) is 0 Å². The van der Waals surface area contributed by atoms with Crippen molar-refractivity contribution in [2.45, 2.75) is 6.61 Å². The van der Waals surface area contributed by atoms with Gasteiger partial charge in [-0.1, -0.05) is 0 Å². The highest BCUT2D eigenvalue weighted by molar-refractivity contribution is 5.91. The van der Waals surface area contributed by atoms with Gasteiger partial charge in [0, 0.05) is 11.6 Å². The minimum absolute atomic E-state index is 0.145. The minimum Gasteiger partial charge on any atom is -0.465 e. The van der Waals surface area contributed by atoms with Crippen LogP contribution in [-0.4, -0.2) is 18.2 Å². The van der Waals surface area contributed by atoms with E-state index in [1.165, 1.54) is 31.4 Å². The maximum absolute atomic E-state index is 13.8. The standard InChI is InChI=1S/C15H12F2O3/c1-20-15(19)11-5-9(8-18)4-10(6-11)13-3-2-12(16)7-14(13)17/h2-7,18H,8H2,1H3. The number of aliphatic hydroxyl groups excluding tert-OH is 1. The molecule has 0 bridgehead atoms. The third-order valence-corrected chi connectivity index (χ3v) is 2.84. The Hall–Kier alpha value is -2.27. The van der Waals surface area contributed by atoms with Gasteiger partial charge in [0.15, 0.2) is 0 Å². The van der Waals surface area contributed by atoms with E-state index in [-0.39, 0.29) is 17.7 Å². The van der Waals surface area contributed by atoms with Crippen molar-refractivity contribution in [1.29, 1.82) is 0 Å². The van der Waals surface area contributed by atoms with E-state index in [1.807, 2.05) is 0 Å². The first-order valence-electron chi connectivity index (χ1n) is 5.83. The first-order valence-corrected chi connectivity index (χ1v) is 5.83. The minimum atomic E-state index is -0.740. The molecule has 0 aliphatic carbocycles. The molecule has 20 heavy (non-hydrogen) atoms. The number of ether oxygens (including phenoxy) is 1. The second-order valence-corrected chi connectivity index (χ2v) is 4.19. The monoisotopic (exact) mass is 278 g/mol. The summed E-state index contributed by atoms with van der Waals surface area (Å²) in [4.78, 5) is 11.5. The number of rotatable bonds is 3. The fraction of sp³-hybridized carbons (Fsp3) is 0.133. The van der Waals surface area contributed by atoms with Crippen LogP contribution in [0.25, 0.3) is 11.1 Å². The maximum atomic E-state index is 13.8. The van der Waals surface area contributed by atoms with Gasteiger partial charge in [0.05, 0.1) is 19.3 Å². The molecule has 0 spiro atoms. The van der Waals surface area contributed by atoms with Gasteiger partial charge in [-0.05, 0) is 41.5 Å². The Morgan fingerprint density at radius 2 is 1.95 bits per heavy atom. The average Bonchev–Trinajstić information content (AvgIpc) is 2.45. The first-order chi connectivity index (χ1) is 9.55. The Kier molecular flexibility index (Phi) is 4.10. The Morgan fingerprint density at radius 1 is 1.20 bits per heavy atom. The van der Waals surface area contributed by atoms with Gasteiger partial charge in [-0.15, -0.1) is 0 Å². The second kappa shape index (κ2) is 5.79. The molecule has 0 aliphatic heterocycles. The third kappa shape index (κ3) is 2.83. The Morgan fingerprint density at radius 3 is 2.55 bits per heavy atom. The molecule has 2 aromatic rings. The van der Waals surface area contributed by atoms with Crippen LogP contribution in [-0.2, 0) is 11.3 Å². The molecule has 2 aromatic carbocycles. The summed E-state index contributed by atoms with van der Waals surface area (Å²) in [6.45, 7) is -0.305. The van der Waals surface area contributed by atoms with Crippen LogP contribution >= 0.6 is 0 Å². The summed E-state index contributed by atoms with van der Waals surface area (Å²) in [5.74, 6) is -2.02. The Bertz CT molecular complexity index is 654. The van der Waals surface area contributed by atoms with Gasteiger partial charge in [-0.2, -0.15) is 0 Å². The number of carbonyl (C=O) groups is 1. The molecule has 0 saturated carbocycles. The first kappa shape index (κ1) is 14.1. The molecule has 2 rings (SSSR count). The zero-order valence-corrected chi connectivity index (χ0v) is 10.7. The summed E-state index contributed by atoms with van der Waals surface area (Å²) < 4.78 is 31.3. The molecule has 0 aromatic heterocycles. The number of hydrogen-bond donors (Lipinski definition) is 1. The molecular formula is C15H12F2O3. The van der Waals surface area contributed by atoms with Gasteiger partial charge in [0.25, 0.3) is 0 Å². The number of methoxy groups -OCH3 is 1. The normalized spacial score (nSPS) is 10.4. The topological polar surface area (TPSA) is 46.5 Å². The molecule has 0 atom stereocenters. The zero-order chi connectivity index (χ0) is 14.7. The molecule has 3 nitrogen and oxygen atoms in total. The fourth-order valence-electron chi connectivity index (χ4n) is 1.90. The summed E-state index contributed by atoms with van der Waals surface area (Å²) in [5.41, 5.74) is 1.14. The lowest BCUT2D eigenvalue weighted by molar-refractivity contribution is 0.0600. The maximum Gasteiger partial charge on any atom is 0.337 e. The van der Waals surface area contributed by atoms with Crippen LogP contribution in [0.5, 0.6) is 0 Å². The highest BCUT2D eigenvalue weighted by atomic mass is 19.1. The van der Waals surface area contributed by atoms with Crippen LogP contribution < -0.4 is 0 Å². The van der Waals surface area contributed by atoms with E-state index in [4.69, 9.17) is 0 Å². The largest absolute Gasteiger partial charge is 0.465 e. The van der Waals surface area contributed by atoms with Crippen molar-refractivity contribution >= 4 is 5.97 Å². The summed E-state index contributed by atoms with van der Waals surface area (Å²) in [5, 5.41) is 9.20. The number of carbonyl (C=O) groups excluding carboxylic acids is 1. The van der Waals surface area contributed by atoms with Crippen LogP contribution in [0.4, 0.5) is 8.78 Å². The smallest absolute Gasteiger partial charge is 0.337 e. The molecule has 5 heteroatoms. The van der Waals surface area contributed by atoms with Crippen molar-refractivity contribution in [3.63, 3.8) is 0 Å². The lowest BCUT2D eigenvalue weighted by atomic mass is 9.99. The molecule has 0 radical (unpaired) electrons. The van der Waals surface area contributed by atoms with Gasteiger partial charge >= 0.3 is 5.97 Å². The van der Waals surface area contributed by atoms with Gasteiger partial charge in [0.1, 0.15) is 11.6 Å². The van der Waals surface area contributed by atoms with E-state index in [0.29, 0.717) is 11.1 Å². The van der Waals surface area contributed by atoms with Crippen LogP contribution in [0, 0.1) is 11.6 Å². The van der Waals surface area contributed by atoms with Crippen LogP contribution in [0.3, 0.4) is 0 Å². The fourth-order valence-corrected chi connectivity index (χ4v) is 1.90. The van der Waals surface area contributed by atoms with E-state index in [0.717, 1.165) is 12.1 Å².